The molecule has 0 heterocycles. The van der Waals surface area contributed by atoms with Crippen molar-refractivity contribution in [2.75, 3.05) is 11.9 Å². The summed E-state index contributed by atoms with van der Waals surface area (Å²) in [5.41, 5.74) is 4.36. The first-order valence-electron chi connectivity index (χ1n) is 8.87. The zero-order chi connectivity index (χ0) is 21.3. The van der Waals surface area contributed by atoms with E-state index in [9.17, 15) is 9.59 Å². The summed E-state index contributed by atoms with van der Waals surface area (Å²) >= 11 is 9.14. The van der Waals surface area contributed by atoms with Crippen LogP contribution in [-0.4, -0.2) is 24.6 Å². The second-order valence-electron chi connectivity index (χ2n) is 6.12. The molecule has 0 saturated heterocycles. The largest absolute Gasteiger partial charge is 0.484 e. The highest BCUT2D eigenvalue weighted by Crippen LogP contribution is 2.15. The van der Waals surface area contributed by atoms with Crippen LogP contribution in [0, 0.1) is 0 Å². The molecule has 6 nitrogen and oxygen atoms in total. The first-order chi connectivity index (χ1) is 14.5. The molecule has 0 spiro atoms. The number of carbonyl (C=O) groups is 2. The first-order valence-corrected chi connectivity index (χ1v) is 10.0. The number of amides is 2. The number of nitrogens with one attached hydrogen (secondary N) is 2. The summed E-state index contributed by atoms with van der Waals surface area (Å²) in [6.07, 6.45) is 1.51. The molecule has 8 heteroatoms. The predicted octanol–water partition coefficient (Wildman–Crippen LogP) is 4.88. The molecule has 3 aromatic carbocycles. The van der Waals surface area contributed by atoms with Crippen molar-refractivity contribution in [1.82, 2.24) is 5.43 Å². The van der Waals surface area contributed by atoms with Gasteiger partial charge in [0.05, 0.1) is 6.21 Å². The highest BCUT2D eigenvalue weighted by molar-refractivity contribution is 9.10. The third kappa shape index (κ3) is 6.72. The van der Waals surface area contributed by atoms with Crippen LogP contribution >= 0.6 is 27.5 Å². The summed E-state index contributed by atoms with van der Waals surface area (Å²) in [5, 5.41) is 7.24. The van der Waals surface area contributed by atoms with Crippen LogP contribution in [0.2, 0.25) is 5.02 Å². The van der Waals surface area contributed by atoms with E-state index in [1.807, 2.05) is 12.1 Å². The molecular weight excluding hydrogens is 470 g/mol. The van der Waals surface area contributed by atoms with Gasteiger partial charge in [-0.05, 0) is 78.4 Å². The molecule has 0 unspecified atom stereocenters. The van der Waals surface area contributed by atoms with Gasteiger partial charge in [-0.25, -0.2) is 5.43 Å². The summed E-state index contributed by atoms with van der Waals surface area (Å²) in [4.78, 5) is 23.9. The number of rotatable bonds is 7. The molecule has 0 saturated carbocycles. The third-order valence-corrected chi connectivity index (χ3v) is 4.64. The summed E-state index contributed by atoms with van der Waals surface area (Å²) in [6, 6.07) is 20.7. The van der Waals surface area contributed by atoms with E-state index in [0.717, 1.165) is 10.0 Å². The normalized spacial score (nSPS) is 10.6. The van der Waals surface area contributed by atoms with E-state index in [1.165, 1.54) is 6.21 Å². The van der Waals surface area contributed by atoms with Gasteiger partial charge in [0.15, 0.2) is 6.61 Å². The zero-order valence-corrected chi connectivity index (χ0v) is 18.0. The Hall–Kier alpha value is -3.16. The quantitative estimate of drug-likeness (QED) is 0.369. The molecule has 0 atom stereocenters. The monoisotopic (exact) mass is 485 g/mol. The van der Waals surface area contributed by atoms with Crippen LogP contribution in [0.25, 0.3) is 0 Å². The average Bonchev–Trinajstić information content (AvgIpc) is 2.75. The van der Waals surface area contributed by atoms with Crippen molar-refractivity contribution >= 4 is 51.2 Å². The van der Waals surface area contributed by atoms with Gasteiger partial charge >= 0.3 is 0 Å². The highest BCUT2D eigenvalue weighted by atomic mass is 79.9. The standard InChI is InChI=1S/C22H17BrClN3O3/c23-17-5-9-19(10-6-17)26-21(28)14-30-20-11-1-15(2-12-20)13-25-27-22(29)16-3-7-18(24)8-4-16/h1-13H,14H2,(H,26,28)(H,27,29)/b25-13-. The maximum absolute atomic E-state index is 12.0. The molecule has 0 fully saturated rings. The lowest BCUT2D eigenvalue weighted by atomic mass is 10.2. The Balaban J connectivity index is 1.45. The van der Waals surface area contributed by atoms with Crippen molar-refractivity contribution in [3.63, 3.8) is 0 Å². The van der Waals surface area contributed by atoms with Crippen molar-refractivity contribution in [3.8, 4) is 5.75 Å². The van der Waals surface area contributed by atoms with Gasteiger partial charge in [0.1, 0.15) is 5.75 Å². The van der Waals surface area contributed by atoms with Crippen LogP contribution in [-0.2, 0) is 4.79 Å². The smallest absolute Gasteiger partial charge is 0.271 e. The summed E-state index contributed by atoms with van der Waals surface area (Å²) < 4.78 is 6.42. The molecule has 152 valence electrons. The maximum Gasteiger partial charge on any atom is 0.271 e. The van der Waals surface area contributed by atoms with Crippen LogP contribution in [0.5, 0.6) is 5.75 Å². The fraction of sp³-hybridized carbons (Fsp3) is 0.0455. The Morgan fingerprint density at radius 3 is 2.30 bits per heavy atom. The summed E-state index contributed by atoms with van der Waals surface area (Å²) in [5.74, 6) is -0.0455. The van der Waals surface area contributed by atoms with Gasteiger partial charge < -0.3 is 10.1 Å². The molecule has 0 aliphatic carbocycles. The lowest BCUT2D eigenvalue weighted by Crippen LogP contribution is -2.20. The molecule has 0 aromatic heterocycles. The van der Waals surface area contributed by atoms with Crippen LogP contribution < -0.4 is 15.5 Å². The van der Waals surface area contributed by atoms with Crippen molar-refractivity contribution in [2.24, 2.45) is 5.10 Å². The number of carbonyl (C=O) groups excluding carboxylic acids is 2. The Kier molecular flexibility index (Phi) is 7.59. The molecule has 2 amide bonds. The van der Waals surface area contributed by atoms with Crippen LogP contribution in [0.1, 0.15) is 15.9 Å². The summed E-state index contributed by atoms with van der Waals surface area (Å²) in [6.45, 7) is -0.110. The van der Waals surface area contributed by atoms with E-state index in [-0.39, 0.29) is 18.4 Å². The number of hydrogen-bond donors (Lipinski definition) is 2. The van der Waals surface area contributed by atoms with Gasteiger partial charge in [0, 0.05) is 20.7 Å². The number of nitrogens with zero attached hydrogens (tertiary/aromatic N) is 1. The van der Waals surface area contributed by atoms with Gasteiger partial charge in [0.2, 0.25) is 0 Å². The minimum atomic E-state index is -0.334. The van der Waals surface area contributed by atoms with Gasteiger partial charge in [-0.15, -0.1) is 0 Å². The van der Waals surface area contributed by atoms with E-state index >= 15 is 0 Å². The van der Waals surface area contributed by atoms with Crippen molar-refractivity contribution in [2.45, 2.75) is 0 Å². The highest BCUT2D eigenvalue weighted by Gasteiger charge is 2.05. The second-order valence-corrected chi connectivity index (χ2v) is 7.47. The molecular formula is C22H17BrClN3O3. The first kappa shape index (κ1) is 21.5. The topological polar surface area (TPSA) is 79.8 Å². The van der Waals surface area contributed by atoms with Gasteiger partial charge in [0.25, 0.3) is 11.8 Å². The van der Waals surface area contributed by atoms with E-state index < -0.39 is 0 Å². The van der Waals surface area contributed by atoms with Gasteiger partial charge in [-0.3, -0.25) is 9.59 Å². The number of benzene rings is 3. The SMILES string of the molecule is O=C(COc1ccc(/C=N\NC(=O)c2ccc(Cl)cc2)cc1)Nc1ccc(Br)cc1. The lowest BCUT2D eigenvalue weighted by Gasteiger charge is -2.08. The maximum atomic E-state index is 12.0. The molecule has 3 aromatic rings. The Morgan fingerprint density at radius 2 is 1.63 bits per heavy atom. The minimum Gasteiger partial charge on any atom is -0.484 e. The average molecular weight is 487 g/mol. The number of halogens is 2. The third-order valence-electron chi connectivity index (χ3n) is 3.86. The van der Waals surface area contributed by atoms with Crippen molar-refractivity contribution in [1.29, 1.82) is 0 Å². The zero-order valence-electron chi connectivity index (χ0n) is 15.6. The molecule has 0 aliphatic heterocycles. The Bertz CT molecular complexity index is 1040. The van der Waals surface area contributed by atoms with E-state index in [0.29, 0.717) is 22.0 Å². The predicted molar refractivity (Wildman–Crippen MR) is 121 cm³/mol. The molecule has 0 aliphatic rings. The van der Waals surface area contributed by atoms with Crippen LogP contribution in [0.4, 0.5) is 5.69 Å². The number of hydrogen-bond acceptors (Lipinski definition) is 4. The number of ether oxygens (including phenoxy) is 1. The summed E-state index contributed by atoms with van der Waals surface area (Å²) in [7, 11) is 0. The second kappa shape index (κ2) is 10.6. The van der Waals surface area contributed by atoms with Crippen molar-refractivity contribution < 1.29 is 14.3 Å². The molecule has 0 bridgehead atoms. The van der Waals surface area contributed by atoms with Crippen molar-refractivity contribution in [3.05, 3.63) is 93.4 Å². The van der Waals surface area contributed by atoms with Gasteiger partial charge in [-0.1, -0.05) is 27.5 Å². The molecule has 30 heavy (non-hydrogen) atoms. The lowest BCUT2D eigenvalue weighted by molar-refractivity contribution is -0.118. The molecule has 0 radical (unpaired) electrons. The van der Waals surface area contributed by atoms with Crippen LogP contribution in [0.3, 0.4) is 0 Å². The Labute approximate surface area is 187 Å². The minimum absolute atomic E-state index is 0.110. The van der Waals surface area contributed by atoms with E-state index in [1.54, 1.807) is 60.7 Å². The molecule has 2 N–H and O–H groups in total. The fourth-order valence-corrected chi connectivity index (χ4v) is 2.75. The Morgan fingerprint density at radius 1 is 0.967 bits per heavy atom. The van der Waals surface area contributed by atoms with Crippen LogP contribution in [0.15, 0.2) is 82.4 Å². The molecule has 3 rings (SSSR count). The van der Waals surface area contributed by atoms with E-state index in [2.05, 4.69) is 31.8 Å². The van der Waals surface area contributed by atoms with Gasteiger partial charge in [-0.2, -0.15) is 5.10 Å². The number of hydrazone groups is 1. The fourth-order valence-electron chi connectivity index (χ4n) is 2.36. The van der Waals surface area contributed by atoms with E-state index in [4.69, 9.17) is 16.3 Å². The number of anilines is 1.